The van der Waals surface area contributed by atoms with Crippen molar-refractivity contribution < 1.29 is 9.59 Å². The van der Waals surface area contributed by atoms with Gasteiger partial charge in [0.25, 0.3) is 5.24 Å². The average Bonchev–Trinajstić information content (AvgIpc) is 3.01. The zero-order chi connectivity index (χ0) is 16.6. The third kappa shape index (κ3) is 2.84. The number of rotatable bonds is 4. The van der Waals surface area contributed by atoms with Gasteiger partial charge in [-0.1, -0.05) is 24.3 Å². The molecule has 3 rings (SSSR count). The van der Waals surface area contributed by atoms with Gasteiger partial charge in [-0.3, -0.25) is 14.5 Å². The molecule has 1 aromatic carbocycles. The maximum Gasteiger partial charge on any atom is 0.298 e. The molecule has 2 heterocycles. The molecule has 0 aliphatic carbocycles. The minimum atomic E-state index is -0.287. The molecule has 1 aliphatic rings. The van der Waals surface area contributed by atoms with Crippen LogP contribution in [0.15, 0.2) is 54.4 Å². The van der Waals surface area contributed by atoms with Crippen molar-refractivity contribution in [1.29, 1.82) is 0 Å². The lowest BCUT2D eigenvalue weighted by Crippen LogP contribution is -2.20. The fourth-order valence-corrected chi connectivity index (χ4v) is 3.39. The van der Waals surface area contributed by atoms with Crippen LogP contribution in [0.25, 0.3) is 10.9 Å². The molecule has 0 N–H and O–H groups in total. The van der Waals surface area contributed by atoms with E-state index in [-0.39, 0.29) is 16.1 Å². The molecule has 1 fully saturated rings. The van der Waals surface area contributed by atoms with Gasteiger partial charge in [0.05, 0.1) is 16.9 Å². The van der Waals surface area contributed by atoms with Crippen molar-refractivity contribution >= 4 is 38.7 Å². The normalized spacial score (nSPS) is 14.9. The number of hydrogen-bond donors (Lipinski definition) is 0. The Morgan fingerprint density at radius 1 is 1.26 bits per heavy atom. The zero-order valence-corrected chi connectivity index (χ0v) is 14.0. The van der Waals surface area contributed by atoms with Gasteiger partial charge < -0.3 is 4.57 Å². The van der Waals surface area contributed by atoms with Crippen molar-refractivity contribution in [3.63, 3.8) is 0 Å². The van der Waals surface area contributed by atoms with E-state index in [1.165, 1.54) is 10.5 Å². The summed E-state index contributed by atoms with van der Waals surface area (Å²) in [4.78, 5) is 25.2. The average molecular weight is 326 g/mol. The number of thioether (sulfide) groups is 1. The maximum atomic E-state index is 12.1. The first kappa shape index (κ1) is 15.6. The van der Waals surface area contributed by atoms with Gasteiger partial charge in [-0.05, 0) is 38.5 Å². The molecule has 2 aromatic rings. The Morgan fingerprint density at radius 2 is 2.04 bits per heavy atom. The van der Waals surface area contributed by atoms with Gasteiger partial charge in [0.2, 0.25) is 5.12 Å². The maximum absolute atomic E-state index is 12.1. The molecule has 1 amide bonds. The van der Waals surface area contributed by atoms with E-state index in [0.717, 1.165) is 29.6 Å². The van der Waals surface area contributed by atoms with Crippen LogP contribution < -0.4 is 4.90 Å². The molecule has 0 saturated carbocycles. The van der Waals surface area contributed by atoms with Gasteiger partial charge in [0.1, 0.15) is 0 Å². The number of nitrogens with zero attached hydrogens (tertiary/aromatic N) is 2. The van der Waals surface area contributed by atoms with Crippen LogP contribution in [-0.2, 0) is 11.3 Å². The highest BCUT2D eigenvalue weighted by Crippen LogP contribution is 2.37. The van der Waals surface area contributed by atoms with Crippen LogP contribution in [0.1, 0.15) is 20.3 Å². The van der Waals surface area contributed by atoms with Gasteiger partial charge in [0, 0.05) is 29.9 Å². The number of carbonyl (C=O) groups is 2. The number of allylic oxidation sites excluding steroid dienone is 2. The third-order valence-corrected chi connectivity index (χ3v) is 4.60. The number of anilines is 1. The topological polar surface area (TPSA) is 42.3 Å². The van der Waals surface area contributed by atoms with Crippen LogP contribution in [0.5, 0.6) is 0 Å². The van der Waals surface area contributed by atoms with E-state index < -0.39 is 0 Å². The molecule has 118 valence electrons. The summed E-state index contributed by atoms with van der Waals surface area (Å²) in [5.74, 6) is 0. The minimum absolute atomic E-state index is 0.227. The van der Waals surface area contributed by atoms with Gasteiger partial charge in [-0.2, -0.15) is 0 Å². The van der Waals surface area contributed by atoms with Crippen LogP contribution in [0.2, 0.25) is 0 Å². The van der Waals surface area contributed by atoms with Crippen molar-refractivity contribution in [3.8, 4) is 0 Å². The molecular weight excluding hydrogens is 308 g/mol. The lowest BCUT2D eigenvalue weighted by molar-refractivity contribution is -0.107. The van der Waals surface area contributed by atoms with Gasteiger partial charge >= 0.3 is 0 Å². The van der Waals surface area contributed by atoms with Crippen molar-refractivity contribution in [2.45, 2.75) is 26.8 Å². The highest BCUT2D eigenvalue weighted by Gasteiger charge is 2.35. The molecule has 1 aliphatic heterocycles. The SMILES string of the molecule is C=C1C(=O)SC(=O)N1c1cccc2c1ccn2CCC=C(C)C. The van der Waals surface area contributed by atoms with Crippen molar-refractivity contribution in [2.24, 2.45) is 0 Å². The van der Waals surface area contributed by atoms with E-state index in [4.69, 9.17) is 0 Å². The van der Waals surface area contributed by atoms with E-state index in [0.29, 0.717) is 11.8 Å². The molecule has 0 radical (unpaired) electrons. The molecular formula is C18H18N2O2S. The van der Waals surface area contributed by atoms with Crippen molar-refractivity contribution in [1.82, 2.24) is 4.57 Å². The summed E-state index contributed by atoms with van der Waals surface area (Å²) in [7, 11) is 0. The van der Waals surface area contributed by atoms with Crippen LogP contribution in [0, 0.1) is 0 Å². The molecule has 0 unspecified atom stereocenters. The Labute approximate surface area is 139 Å². The summed E-state index contributed by atoms with van der Waals surface area (Å²) in [6, 6.07) is 7.77. The second kappa shape index (κ2) is 6.08. The first-order chi connectivity index (χ1) is 11.0. The van der Waals surface area contributed by atoms with Gasteiger partial charge in [-0.15, -0.1) is 0 Å². The molecule has 0 atom stereocenters. The summed E-state index contributed by atoms with van der Waals surface area (Å²) in [5.41, 5.74) is 3.30. The Kier molecular flexibility index (Phi) is 4.13. The van der Waals surface area contributed by atoms with Gasteiger partial charge in [-0.25, -0.2) is 0 Å². The number of hydrogen-bond acceptors (Lipinski definition) is 3. The Morgan fingerprint density at radius 3 is 2.70 bits per heavy atom. The Balaban J connectivity index is 1.99. The van der Waals surface area contributed by atoms with Crippen molar-refractivity contribution in [3.05, 3.63) is 54.4 Å². The van der Waals surface area contributed by atoms with Crippen LogP contribution in [-0.4, -0.2) is 14.9 Å². The van der Waals surface area contributed by atoms with E-state index >= 15 is 0 Å². The molecule has 23 heavy (non-hydrogen) atoms. The number of benzene rings is 1. The fourth-order valence-electron chi connectivity index (χ4n) is 2.72. The number of amides is 1. The summed E-state index contributed by atoms with van der Waals surface area (Å²) < 4.78 is 2.16. The summed E-state index contributed by atoms with van der Waals surface area (Å²) in [6.07, 6.45) is 5.18. The second-order valence-electron chi connectivity index (χ2n) is 5.73. The van der Waals surface area contributed by atoms with Crippen molar-refractivity contribution in [2.75, 3.05) is 4.90 Å². The molecule has 1 aromatic heterocycles. The molecule has 0 spiro atoms. The number of aromatic nitrogens is 1. The molecule has 4 nitrogen and oxygen atoms in total. The smallest absolute Gasteiger partial charge is 0.298 e. The largest absolute Gasteiger partial charge is 0.347 e. The Hall–Kier alpha value is -2.27. The van der Waals surface area contributed by atoms with E-state index in [2.05, 4.69) is 31.1 Å². The number of fused-ring (bicyclic) bond motifs is 1. The highest BCUT2D eigenvalue weighted by atomic mass is 32.2. The quantitative estimate of drug-likeness (QED) is 0.603. The van der Waals surface area contributed by atoms with E-state index in [9.17, 15) is 9.59 Å². The molecule has 1 saturated heterocycles. The van der Waals surface area contributed by atoms with E-state index in [1.807, 2.05) is 30.5 Å². The first-order valence-corrected chi connectivity index (χ1v) is 8.27. The summed E-state index contributed by atoms with van der Waals surface area (Å²) in [6.45, 7) is 8.80. The standard InChI is InChI=1S/C18H18N2O2S/c1-12(2)6-5-10-19-11-9-14-15(19)7-4-8-16(14)20-13(3)17(21)23-18(20)22/h4,6-9,11H,3,5,10H2,1-2H3. The van der Waals surface area contributed by atoms with Crippen LogP contribution >= 0.6 is 11.8 Å². The lowest BCUT2D eigenvalue weighted by Gasteiger charge is -2.16. The Bertz CT molecular complexity index is 844. The minimum Gasteiger partial charge on any atom is -0.347 e. The predicted molar refractivity (Wildman–Crippen MR) is 95.6 cm³/mol. The van der Waals surface area contributed by atoms with E-state index in [1.54, 1.807) is 0 Å². The summed E-state index contributed by atoms with van der Waals surface area (Å²) >= 11 is 0.698. The summed E-state index contributed by atoms with van der Waals surface area (Å²) in [5, 5.41) is 0.384. The van der Waals surface area contributed by atoms with Crippen LogP contribution in [0.3, 0.4) is 0 Å². The zero-order valence-electron chi connectivity index (χ0n) is 13.2. The van der Waals surface area contributed by atoms with Crippen LogP contribution in [0.4, 0.5) is 10.5 Å². The second-order valence-corrected chi connectivity index (χ2v) is 6.65. The number of carbonyl (C=O) groups excluding carboxylic acids is 2. The molecule has 0 bridgehead atoms. The highest BCUT2D eigenvalue weighted by molar-refractivity contribution is 8.27. The molecule has 5 heteroatoms. The lowest BCUT2D eigenvalue weighted by atomic mass is 10.2. The van der Waals surface area contributed by atoms with Gasteiger partial charge in [0.15, 0.2) is 0 Å². The third-order valence-electron chi connectivity index (χ3n) is 3.82. The monoisotopic (exact) mass is 326 g/mol. The number of aryl methyl sites for hydroxylation is 1. The fraction of sp³-hybridized carbons (Fsp3) is 0.222. The first-order valence-electron chi connectivity index (χ1n) is 7.45. The predicted octanol–water partition coefficient (Wildman–Crippen LogP) is 4.71.